The number of amides is 1. The van der Waals surface area contributed by atoms with E-state index in [9.17, 15) is 4.79 Å². The van der Waals surface area contributed by atoms with Crippen LogP contribution in [0.4, 0.5) is 0 Å². The summed E-state index contributed by atoms with van der Waals surface area (Å²) in [4.78, 5) is 19.7. The Balaban J connectivity index is 1.79. The summed E-state index contributed by atoms with van der Waals surface area (Å²) in [5.74, 6) is 0.870. The minimum absolute atomic E-state index is 0.0327. The minimum Gasteiger partial charge on any atom is -0.338 e. The zero-order valence-corrected chi connectivity index (χ0v) is 16.3. The van der Waals surface area contributed by atoms with Gasteiger partial charge in [0.05, 0.1) is 17.1 Å². The van der Waals surface area contributed by atoms with Crippen molar-refractivity contribution in [3.63, 3.8) is 0 Å². The van der Waals surface area contributed by atoms with Crippen LogP contribution >= 0.6 is 11.6 Å². The predicted molar refractivity (Wildman–Crippen MR) is 104 cm³/mol. The maximum Gasteiger partial charge on any atom is 0.272 e. The molecule has 1 aliphatic carbocycles. The quantitative estimate of drug-likeness (QED) is 0.826. The molecule has 2 unspecified atom stereocenters. The van der Waals surface area contributed by atoms with Gasteiger partial charge in [-0.3, -0.25) is 4.79 Å². The predicted octanol–water partition coefficient (Wildman–Crippen LogP) is 3.46. The molecule has 3 aliphatic rings. The molecule has 1 N–H and O–H groups in total. The van der Waals surface area contributed by atoms with Crippen LogP contribution in [-0.2, 0) is 0 Å². The van der Waals surface area contributed by atoms with E-state index in [0.29, 0.717) is 5.69 Å². The van der Waals surface area contributed by atoms with Gasteiger partial charge in [-0.15, -0.1) is 11.6 Å². The lowest BCUT2D eigenvalue weighted by Gasteiger charge is -2.25. The number of alkyl halides is 1. The first-order valence-corrected chi connectivity index (χ1v) is 9.72. The zero-order valence-electron chi connectivity index (χ0n) is 15.5. The highest BCUT2D eigenvalue weighted by Crippen LogP contribution is 2.38. The lowest BCUT2D eigenvalue weighted by Crippen LogP contribution is -2.26. The van der Waals surface area contributed by atoms with Crippen molar-refractivity contribution < 1.29 is 4.79 Å². The Morgan fingerprint density at radius 3 is 2.77 bits per heavy atom. The lowest BCUT2D eigenvalue weighted by atomic mass is 9.98. The summed E-state index contributed by atoms with van der Waals surface area (Å²) in [6, 6.07) is 0.0828. The highest BCUT2D eigenvalue weighted by molar-refractivity contribution is 6.22. The molecule has 0 saturated heterocycles. The van der Waals surface area contributed by atoms with Crippen LogP contribution in [0.15, 0.2) is 29.9 Å². The number of fused-ring (bicyclic) bond motifs is 1. The number of carbonyl (C=O) groups is 1. The van der Waals surface area contributed by atoms with Gasteiger partial charge in [0.25, 0.3) is 5.91 Å². The second-order valence-electron chi connectivity index (χ2n) is 7.60. The number of nitrogens with one attached hydrogen (secondary N) is 1. The molecule has 138 valence electrons. The maximum absolute atomic E-state index is 12.6. The summed E-state index contributed by atoms with van der Waals surface area (Å²) < 4.78 is 2.25. The molecule has 6 heteroatoms. The van der Waals surface area contributed by atoms with Crippen molar-refractivity contribution in [1.82, 2.24) is 19.8 Å². The molecule has 4 rings (SSSR count). The summed E-state index contributed by atoms with van der Waals surface area (Å²) in [6.45, 7) is 6.25. The van der Waals surface area contributed by atoms with Crippen LogP contribution in [0.1, 0.15) is 60.8 Å². The van der Waals surface area contributed by atoms with Gasteiger partial charge in [0.2, 0.25) is 0 Å². The molecular formula is C20H25ClN4O. The van der Waals surface area contributed by atoms with E-state index in [1.807, 2.05) is 12.2 Å². The third kappa shape index (κ3) is 2.93. The number of aromatic nitrogens is 2. The third-order valence-corrected chi connectivity index (χ3v) is 5.66. The number of nitrogens with zero attached hydrogens (tertiary/aromatic N) is 3. The first kappa shape index (κ1) is 17.6. The number of rotatable bonds is 3. The molecule has 0 fully saturated rings. The van der Waals surface area contributed by atoms with E-state index in [1.165, 1.54) is 5.57 Å². The number of allylic oxidation sites excluding steroid dienone is 2. The Morgan fingerprint density at radius 1 is 1.35 bits per heavy atom. The summed E-state index contributed by atoms with van der Waals surface area (Å²) in [5, 5.41) is 3.14. The van der Waals surface area contributed by atoms with E-state index < -0.39 is 0 Å². The molecule has 0 aromatic carbocycles. The number of hydrogen-bond acceptors (Lipinski definition) is 3. The molecule has 2 aliphatic heterocycles. The first-order chi connectivity index (χ1) is 12.5. The van der Waals surface area contributed by atoms with E-state index in [4.69, 9.17) is 16.6 Å². The van der Waals surface area contributed by atoms with E-state index in [0.717, 1.165) is 43.0 Å². The van der Waals surface area contributed by atoms with Crippen LogP contribution in [0.3, 0.4) is 0 Å². The van der Waals surface area contributed by atoms with Crippen molar-refractivity contribution in [2.45, 2.75) is 44.1 Å². The molecule has 2 atom stereocenters. The maximum atomic E-state index is 12.6. The zero-order chi connectivity index (χ0) is 18.4. The standard InChI is InChI=1S/C20H25ClN4O/c1-12(2)25-18-16(13-4-6-15(21)7-5-13)23-20(26)17(18)22-19(25)14-8-10-24(3)11-9-14/h4-6,8,12,15-16H,7,9-11H2,1-3H3,(H,23,26). The van der Waals surface area contributed by atoms with Crippen LogP contribution in [-0.4, -0.2) is 45.9 Å². The number of likely N-dealkylation sites (N-methyl/N-ethyl adjacent to an activating group) is 1. The summed E-state index contributed by atoms with van der Waals surface area (Å²) in [5.41, 5.74) is 3.90. The fourth-order valence-corrected chi connectivity index (χ4v) is 4.11. The fraction of sp³-hybridized carbons (Fsp3) is 0.500. The molecule has 0 saturated carbocycles. The third-order valence-electron chi connectivity index (χ3n) is 5.34. The van der Waals surface area contributed by atoms with E-state index >= 15 is 0 Å². The topological polar surface area (TPSA) is 50.2 Å². The molecule has 1 aromatic rings. The van der Waals surface area contributed by atoms with Crippen LogP contribution in [0.5, 0.6) is 0 Å². The van der Waals surface area contributed by atoms with Gasteiger partial charge in [-0.1, -0.05) is 24.3 Å². The Hall–Kier alpha value is -1.85. The van der Waals surface area contributed by atoms with Crippen LogP contribution in [0.25, 0.3) is 5.57 Å². The van der Waals surface area contributed by atoms with Gasteiger partial charge in [0.1, 0.15) is 5.82 Å². The van der Waals surface area contributed by atoms with Crippen molar-refractivity contribution >= 4 is 23.1 Å². The summed E-state index contributed by atoms with van der Waals surface area (Å²) in [7, 11) is 2.12. The van der Waals surface area contributed by atoms with Gasteiger partial charge >= 0.3 is 0 Å². The summed E-state index contributed by atoms with van der Waals surface area (Å²) in [6.07, 6.45) is 10.1. The fourth-order valence-electron chi connectivity index (χ4n) is 3.95. The van der Waals surface area contributed by atoms with E-state index in [-0.39, 0.29) is 23.4 Å². The van der Waals surface area contributed by atoms with Crippen molar-refractivity contribution in [3.05, 3.63) is 47.1 Å². The van der Waals surface area contributed by atoms with Crippen molar-refractivity contribution in [1.29, 1.82) is 0 Å². The average molecular weight is 373 g/mol. The number of imidazole rings is 1. The molecular weight excluding hydrogens is 348 g/mol. The second-order valence-corrected chi connectivity index (χ2v) is 8.16. The normalized spacial score (nSPS) is 26.0. The summed E-state index contributed by atoms with van der Waals surface area (Å²) >= 11 is 6.17. The van der Waals surface area contributed by atoms with Gasteiger partial charge in [0.15, 0.2) is 5.69 Å². The van der Waals surface area contributed by atoms with Gasteiger partial charge < -0.3 is 14.8 Å². The highest BCUT2D eigenvalue weighted by atomic mass is 35.5. The van der Waals surface area contributed by atoms with Gasteiger partial charge in [-0.05, 0) is 44.9 Å². The Bertz CT molecular complexity index is 833. The Morgan fingerprint density at radius 2 is 2.15 bits per heavy atom. The first-order valence-electron chi connectivity index (χ1n) is 9.29. The lowest BCUT2D eigenvalue weighted by molar-refractivity contribution is 0.0956. The van der Waals surface area contributed by atoms with Crippen LogP contribution in [0, 0.1) is 0 Å². The van der Waals surface area contributed by atoms with Crippen molar-refractivity contribution in [2.24, 2.45) is 0 Å². The van der Waals surface area contributed by atoms with Crippen molar-refractivity contribution in [2.75, 3.05) is 20.1 Å². The van der Waals surface area contributed by atoms with Gasteiger partial charge in [-0.25, -0.2) is 4.98 Å². The molecule has 0 radical (unpaired) electrons. The smallest absolute Gasteiger partial charge is 0.272 e. The van der Waals surface area contributed by atoms with Crippen LogP contribution < -0.4 is 5.32 Å². The SMILES string of the molecule is CC(C)n1c(C2=CCN(C)CC2)nc2c1C(C1=CCC(Cl)C=C1)NC2=O. The molecule has 5 nitrogen and oxygen atoms in total. The molecule has 0 bridgehead atoms. The molecule has 0 spiro atoms. The van der Waals surface area contributed by atoms with E-state index in [1.54, 1.807) is 0 Å². The highest BCUT2D eigenvalue weighted by Gasteiger charge is 2.38. The molecule has 26 heavy (non-hydrogen) atoms. The molecule has 1 amide bonds. The number of halogens is 1. The monoisotopic (exact) mass is 372 g/mol. The average Bonchev–Trinajstić information content (AvgIpc) is 3.15. The van der Waals surface area contributed by atoms with Gasteiger partial charge in [0, 0.05) is 19.1 Å². The Kier molecular flexibility index (Phi) is 4.53. The largest absolute Gasteiger partial charge is 0.338 e. The second kappa shape index (κ2) is 6.71. The van der Waals surface area contributed by atoms with Gasteiger partial charge in [-0.2, -0.15) is 0 Å². The number of carbonyl (C=O) groups excluding carboxylic acids is 1. The van der Waals surface area contributed by atoms with E-state index in [2.05, 4.69) is 47.8 Å². The minimum atomic E-state index is -0.145. The molecule has 1 aromatic heterocycles. The van der Waals surface area contributed by atoms with Crippen molar-refractivity contribution in [3.8, 4) is 0 Å². The van der Waals surface area contributed by atoms with Crippen LogP contribution in [0.2, 0.25) is 0 Å². The molecule has 3 heterocycles. The number of hydrogen-bond donors (Lipinski definition) is 1. The Labute approximate surface area is 159 Å².